The Hall–Kier alpha value is -2.69. The molecule has 6 rings (SSSR count). The number of imidazole rings is 1. The number of nitrogens with two attached hydrogens (primary N) is 1. The molecule has 2 saturated carbocycles. The van der Waals surface area contributed by atoms with Crippen molar-refractivity contribution >= 4 is 5.91 Å². The Balaban J connectivity index is 1.71. The molecule has 0 unspecified atom stereocenters. The zero-order chi connectivity index (χ0) is 22.1. The van der Waals surface area contributed by atoms with Crippen molar-refractivity contribution in [2.45, 2.75) is 75.5 Å². The quantitative estimate of drug-likeness (QED) is 0.646. The second-order valence-electron chi connectivity index (χ2n) is 9.66. The van der Waals surface area contributed by atoms with E-state index in [4.69, 9.17) is 5.73 Å². The number of nitrogens with zero attached hydrogens (tertiary/aromatic N) is 2. The highest BCUT2D eigenvalue weighted by atomic mass is 19.1. The highest BCUT2D eigenvalue weighted by Crippen LogP contribution is 2.54. The molecule has 2 aliphatic heterocycles. The van der Waals surface area contributed by atoms with Gasteiger partial charge in [0.25, 0.3) is 5.91 Å². The first-order chi connectivity index (χ1) is 14.6. The minimum atomic E-state index is -1.32. The number of rotatable bonds is 2. The first kappa shape index (κ1) is 20.2. The molecule has 0 atom stereocenters. The SMILES string of the molecule is CC(C)(O)c1c(C(N)=O)nc2n1C1CC(C1)c1cc(F)c(C#CC3(O)CCCC3)cc1-2. The first-order valence-corrected chi connectivity index (χ1v) is 10.8. The predicted molar refractivity (Wildman–Crippen MR) is 113 cm³/mol. The Morgan fingerprint density at radius 1 is 1.32 bits per heavy atom. The fourth-order valence-corrected chi connectivity index (χ4v) is 5.27. The maximum atomic E-state index is 15.0. The van der Waals surface area contributed by atoms with Crippen molar-refractivity contribution in [1.82, 2.24) is 9.55 Å². The van der Waals surface area contributed by atoms with Gasteiger partial charge in [0, 0.05) is 11.6 Å². The van der Waals surface area contributed by atoms with Crippen LogP contribution in [-0.4, -0.2) is 31.3 Å². The molecule has 3 heterocycles. The fraction of sp³-hybridized carbons (Fsp3) is 0.500. The monoisotopic (exact) mass is 423 g/mol. The van der Waals surface area contributed by atoms with E-state index in [0.29, 0.717) is 29.9 Å². The number of halogens is 1. The summed E-state index contributed by atoms with van der Waals surface area (Å²) >= 11 is 0. The van der Waals surface area contributed by atoms with Gasteiger partial charge in [0.2, 0.25) is 0 Å². The van der Waals surface area contributed by atoms with E-state index in [2.05, 4.69) is 16.8 Å². The van der Waals surface area contributed by atoms with Crippen molar-refractivity contribution in [3.63, 3.8) is 0 Å². The van der Waals surface area contributed by atoms with E-state index >= 15 is 0 Å². The summed E-state index contributed by atoms with van der Waals surface area (Å²) in [6, 6.07) is 3.23. The van der Waals surface area contributed by atoms with Gasteiger partial charge in [-0.2, -0.15) is 0 Å². The van der Waals surface area contributed by atoms with E-state index in [1.54, 1.807) is 19.9 Å². The van der Waals surface area contributed by atoms with Crippen LogP contribution in [0, 0.1) is 17.7 Å². The summed E-state index contributed by atoms with van der Waals surface area (Å²) in [6.07, 6.45) is 4.57. The van der Waals surface area contributed by atoms with Crippen molar-refractivity contribution in [2.75, 3.05) is 0 Å². The van der Waals surface area contributed by atoms with E-state index in [1.165, 1.54) is 6.07 Å². The van der Waals surface area contributed by atoms with Gasteiger partial charge >= 0.3 is 0 Å². The largest absolute Gasteiger partial charge is 0.384 e. The molecule has 162 valence electrons. The van der Waals surface area contributed by atoms with E-state index in [-0.39, 0.29) is 23.2 Å². The summed E-state index contributed by atoms with van der Waals surface area (Å²) in [5.74, 6) is 5.28. The highest BCUT2D eigenvalue weighted by Gasteiger charge is 2.44. The van der Waals surface area contributed by atoms with E-state index in [9.17, 15) is 19.4 Å². The molecule has 2 aliphatic carbocycles. The van der Waals surface area contributed by atoms with Crippen LogP contribution in [-0.2, 0) is 5.60 Å². The zero-order valence-electron chi connectivity index (χ0n) is 17.7. The molecule has 0 saturated heterocycles. The lowest BCUT2D eigenvalue weighted by Crippen LogP contribution is -2.31. The summed E-state index contributed by atoms with van der Waals surface area (Å²) < 4.78 is 16.9. The normalized spacial score (nSPS) is 23.1. The minimum absolute atomic E-state index is 0.0380. The van der Waals surface area contributed by atoms with Gasteiger partial charge in [-0.1, -0.05) is 11.8 Å². The van der Waals surface area contributed by atoms with Gasteiger partial charge in [-0.15, -0.1) is 0 Å². The number of primary amides is 1. The Bertz CT molecular complexity index is 1150. The number of hydrogen-bond donors (Lipinski definition) is 3. The van der Waals surface area contributed by atoms with Crippen molar-refractivity contribution in [2.24, 2.45) is 5.73 Å². The molecule has 6 nitrogen and oxygen atoms in total. The summed E-state index contributed by atoms with van der Waals surface area (Å²) in [5, 5.41) is 21.3. The molecule has 2 fully saturated rings. The zero-order valence-corrected chi connectivity index (χ0v) is 17.7. The van der Waals surface area contributed by atoms with Gasteiger partial charge in [-0.05, 0) is 76.0 Å². The number of hydrogen-bond acceptors (Lipinski definition) is 4. The molecular formula is C24H26FN3O3. The molecule has 2 aromatic rings. The summed E-state index contributed by atoms with van der Waals surface area (Å²) in [5.41, 5.74) is 5.37. The molecule has 1 aromatic carbocycles. The van der Waals surface area contributed by atoms with Gasteiger partial charge in [-0.25, -0.2) is 9.37 Å². The lowest BCUT2D eigenvalue weighted by Gasteiger charge is -2.37. The molecule has 0 radical (unpaired) electrons. The van der Waals surface area contributed by atoms with Crippen LogP contribution in [0.4, 0.5) is 4.39 Å². The average molecular weight is 423 g/mol. The van der Waals surface area contributed by atoms with Crippen molar-refractivity contribution in [3.05, 3.63) is 40.5 Å². The van der Waals surface area contributed by atoms with Crippen LogP contribution in [0.2, 0.25) is 0 Å². The van der Waals surface area contributed by atoms with E-state index in [1.807, 2.05) is 4.57 Å². The van der Waals surface area contributed by atoms with Crippen LogP contribution in [0.1, 0.15) is 91.6 Å². The lowest BCUT2D eigenvalue weighted by atomic mass is 9.75. The Labute approximate surface area is 180 Å². The van der Waals surface area contributed by atoms with Gasteiger partial charge in [0.15, 0.2) is 5.69 Å². The van der Waals surface area contributed by atoms with Crippen LogP contribution in [0.5, 0.6) is 0 Å². The number of carbonyl (C=O) groups is 1. The molecule has 31 heavy (non-hydrogen) atoms. The maximum absolute atomic E-state index is 15.0. The van der Waals surface area contributed by atoms with Crippen molar-refractivity contribution < 1.29 is 19.4 Å². The van der Waals surface area contributed by atoms with E-state index < -0.39 is 22.9 Å². The van der Waals surface area contributed by atoms with Crippen molar-refractivity contribution in [1.29, 1.82) is 0 Å². The third-order valence-corrected chi connectivity index (χ3v) is 6.88. The third-order valence-electron chi connectivity index (χ3n) is 6.88. The maximum Gasteiger partial charge on any atom is 0.269 e. The molecule has 0 spiro atoms. The number of aliphatic hydroxyl groups is 2. The number of carbonyl (C=O) groups excluding carboxylic acids is 1. The minimum Gasteiger partial charge on any atom is -0.384 e. The molecule has 4 N–H and O–H groups in total. The van der Waals surface area contributed by atoms with Crippen LogP contribution in [0.25, 0.3) is 11.4 Å². The molecule has 1 amide bonds. The highest BCUT2D eigenvalue weighted by molar-refractivity contribution is 5.93. The topological polar surface area (TPSA) is 101 Å². The Morgan fingerprint density at radius 3 is 2.61 bits per heavy atom. The fourth-order valence-electron chi connectivity index (χ4n) is 5.27. The van der Waals surface area contributed by atoms with Gasteiger partial charge in [-0.3, -0.25) is 4.79 Å². The molecule has 7 heteroatoms. The van der Waals surface area contributed by atoms with Crippen LogP contribution in [0.15, 0.2) is 12.1 Å². The smallest absolute Gasteiger partial charge is 0.269 e. The van der Waals surface area contributed by atoms with Gasteiger partial charge < -0.3 is 20.5 Å². The second-order valence-corrected chi connectivity index (χ2v) is 9.66. The summed E-state index contributed by atoms with van der Waals surface area (Å²) in [4.78, 5) is 16.7. The lowest BCUT2D eigenvalue weighted by molar-refractivity contribution is 0.0625. The molecule has 1 aromatic heterocycles. The average Bonchev–Trinajstić information content (AvgIpc) is 3.19. The Kier molecular flexibility index (Phi) is 4.34. The number of amides is 1. The Morgan fingerprint density at radius 2 is 2.00 bits per heavy atom. The van der Waals surface area contributed by atoms with Crippen LogP contribution < -0.4 is 5.73 Å². The number of benzene rings is 1. The van der Waals surface area contributed by atoms with Crippen LogP contribution >= 0.6 is 0 Å². The molecular weight excluding hydrogens is 397 g/mol. The summed E-state index contributed by atoms with van der Waals surface area (Å²) in [6.45, 7) is 3.21. The first-order valence-electron chi connectivity index (χ1n) is 10.8. The molecule has 4 aliphatic rings. The number of aromatic nitrogens is 2. The van der Waals surface area contributed by atoms with E-state index in [0.717, 1.165) is 31.2 Å². The third kappa shape index (κ3) is 3.17. The second kappa shape index (κ2) is 6.65. The van der Waals surface area contributed by atoms with Crippen LogP contribution in [0.3, 0.4) is 0 Å². The summed E-state index contributed by atoms with van der Waals surface area (Å²) in [7, 11) is 0. The standard InChI is InChI=1S/C24H26FN3O3/c1-23(2,30)20-19(21(26)29)27-22-17-11-13(5-8-24(31)6-3-4-7-24)18(25)12-16(17)14-9-15(10-14)28(20)22/h11-12,14-15,30-31H,3-4,6-7,9-10H2,1-2H3,(H2,26,29). The van der Waals surface area contributed by atoms with Gasteiger partial charge in [0.05, 0.1) is 11.3 Å². The predicted octanol–water partition coefficient (Wildman–Crippen LogP) is 3.10. The van der Waals surface area contributed by atoms with Gasteiger partial charge in [0.1, 0.15) is 22.8 Å². The molecule has 2 bridgehead atoms. The van der Waals surface area contributed by atoms with Crippen molar-refractivity contribution in [3.8, 4) is 23.2 Å².